The molecule has 0 fully saturated rings. The molecule has 0 radical (unpaired) electrons. The van der Waals surface area contributed by atoms with Gasteiger partial charge in [-0.25, -0.2) is 14.4 Å². The molecule has 0 atom stereocenters. The van der Waals surface area contributed by atoms with Gasteiger partial charge in [-0.1, -0.05) is 0 Å². The van der Waals surface area contributed by atoms with Gasteiger partial charge >= 0.3 is 0 Å². The lowest BCUT2D eigenvalue weighted by atomic mass is 10.2. The van der Waals surface area contributed by atoms with E-state index >= 15 is 0 Å². The van der Waals surface area contributed by atoms with Crippen LogP contribution in [0.4, 0.5) is 10.2 Å². The Morgan fingerprint density at radius 2 is 1.78 bits per heavy atom. The Labute approximate surface area is 106 Å². The molecule has 1 aromatic carbocycles. The zero-order valence-electron chi connectivity index (χ0n) is 10.8. The number of aromatic nitrogens is 2. The molecule has 0 bridgehead atoms. The Kier molecular flexibility index (Phi) is 3.55. The molecule has 18 heavy (non-hydrogen) atoms. The Morgan fingerprint density at radius 3 is 2.39 bits per heavy atom. The van der Waals surface area contributed by atoms with E-state index in [9.17, 15) is 4.39 Å². The van der Waals surface area contributed by atoms with Crippen LogP contribution in [0.1, 0.15) is 18.2 Å². The van der Waals surface area contributed by atoms with Gasteiger partial charge in [0.2, 0.25) is 0 Å². The average molecular weight is 245 g/mol. The second-order valence-electron chi connectivity index (χ2n) is 4.14. The summed E-state index contributed by atoms with van der Waals surface area (Å²) in [7, 11) is 0. The second kappa shape index (κ2) is 5.12. The van der Waals surface area contributed by atoms with Crippen molar-refractivity contribution in [3.05, 3.63) is 41.3 Å². The van der Waals surface area contributed by atoms with Crippen molar-refractivity contribution in [2.45, 2.75) is 20.8 Å². The predicted octanol–water partition coefficient (Wildman–Crippen LogP) is 3.33. The van der Waals surface area contributed by atoms with Gasteiger partial charge in [-0.3, -0.25) is 0 Å². The highest BCUT2D eigenvalue weighted by molar-refractivity contribution is 5.59. The molecule has 2 aromatic rings. The van der Waals surface area contributed by atoms with Crippen LogP contribution in [-0.4, -0.2) is 16.5 Å². The van der Waals surface area contributed by atoms with E-state index in [1.54, 1.807) is 12.1 Å². The topological polar surface area (TPSA) is 37.8 Å². The summed E-state index contributed by atoms with van der Waals surface area (Å²) in [5, 5.41) is 3.21. The number of rotatable bonds is 3. The minimum atomic E-state index is -0.255. The van der Waals surface area contributed by atoms with Crippen molar-refractivity contribution >= 4 is 5.82 Å². The number of nitrogens with one attached hydrogen (secondary N) is 1. The zero-order valence-corrected chi connectivity index (χ0v) is 10.8. The van der Waals surface area contributed by atoms with Crippen molar-refractivity contribution < 1.29 is 4.39 Å². The Morgan fingerprint density at radius 1 is 1.11 bits per heavy atom. The van der Waals surface area contributed by atoms with E-state index in [-0.39, 0.29) is 5.82 Å². The molecule has 94 valence electrons. The Bertz CT molecular complexity index is 550. The molecule has 2 rings (SSSR count). The largest absolute Gasteiger partial charge is 0.370 e. The Hall–Kier alpha value is -1.97. The molecule has 0 unspecified atom stereocenters. The fraction of sp³-hybridized carbons (Fsp3) is 0.286. The summed E-state index contributed by atoms with van der Waals surface area (Å²) >= 11 is 0. The third-order valence-electron chi connectivity index (χ3n) is 2.84. The van der Waals surface area contributed by atoms with E-state index < -0.39 is 0 Å². The van der Waals surface area contributed by atoms with Crippen molar-refractivity contribution in [3.8, 4) is 11.4 Å². The van der Waals surface area contributed by atoms with Crippen LogP contribution in [0.3, 0.4) is 0 Å². The first-order valence-electron chi connectivity index (χ1n) is 5.97. The molecule has 0 saturated carbocycles. The van der Waals surface area contributed by atoms with Crippen LogP contribution < -0.4 is 5.32 Å². The normalized spacial score (nSPS) is 10.4. The van der Waals surface area contributed by atoms with Crippen LogP contribution in [0, 0.1) is 19.7 Å². The van der Waals surface area contributed by atoms with Gasteiger partial charge in [-0.2, -0.15) is 0 Å². The minimum Gasteiger partial charge on any atom is -0.370 e. The van der Waals surface area contributed by atoms with Gasteiger partial charge in [0.25, 0.3) is 0 Å². The van der Waals surface area contributed by atoms with E-state index in [1.807, 2.05) is 20.8 Å². The number of anilines is 1. The second-order valence-corrected chi connectivity index (χ2v) is 4.14. The number of halogens is 1. The quantitative estimate of drug-likeness (QED) is 0.901. The first-order valence-corrected chi connectivity index (χ1v) is 5.97. The highest BCUT2D eigenvalue weighted by Crippen LogP contribution is 2.21. The number of aryl methyl sites for hydroxylation is 1. The molecule has 0 saturated heterocycles. The molecule has 1 aromatic heterocycles. The maximum atomic E-state index is 12.9. The minimum absolute atomic E-state index is 0.255. The highest BCUT2D eigenvalue weighted by atomic mass is 19.1. The number of benzene rings is 1. The van der Waals surface area contributed by atoms with Gasteiger partial charge in [-0.05, 0) is 45.0 Å². The van der Waals surface area contributed by atoms with E-state index in [1.165, 1.54) is 12.1 Å². The summed E-state index contributed by atoms with van der Waals surface area (Å²) in [6, 6.07) is 6.21. The van der Waals surface area contributed by atoms with Gasteiger partial charge in [0.15, 0.2) is 5.82 Å². The van der Waals surface area contributed by atoms with E-state index in [0.29, 0.717) is 5.82 Å². The molecule has 4 heteroatoms. The summed E-state index contributed by atoms with van der Waals surface area (Å²) in [6.07, 6.45) is 0. The van der Waals surface area contributed by atoms with Gasteiger partial charge in [0, 0.05) is 23.4 Å². The first-order chi connectivity index (χ1) is 8.61. The van der Waals surface area contributed by atoms with Crippen molar-refractivity contribution in [2.75, 3.05) is 11.9 Å². The van der Waals surface area contributed by atoms with E-state index in [4.69, 9.17) is 0 Å². The lowest BCUT2D eigenvalue weighted by Gasteiger charge is -2.11. The summed E-state index contributed by atoms with van der Waals surface area (Å²) in [5.74, 6) is 1.20. The third-order valence-corrected chi connectivity index (χ3v) is 2.84. The number of hydrogen-bond donors (Lipinski definition) is 1. The summed E-state index contributed by atoms with van der Waals surface area (Å²) in [4.78, 5) is 8.92. The number of nitrogens with zero attached hydrogens (tertiary/aromatic N) is 2. The zero-order chi connectivity index (χ0) is 13.1. The fourth-order valence-corrected chi connectivity index (χ4v) is 1.70. The van der Waals surface area contributed by atoms with Gasteiger partial charge < -0.3 is 5.32 Å². The monoisotopic (exact) mass is 245 g/mol. The fourth-order valence-electron chi connectivity index (χ4n) is 1.70. The Balaban J connectivity index is 2.48. The van der Waals surface area contributed by atoms with Gasteiger partial charge in [0.05, 0.1) is 0 Å². The maximum absolute atomic E-state index is 12.9. The maximum Gasteiger partial charge on any atom is 0.161 e. The molecule has 3 nitrogen and oxygen atoms in total. The van der Waals surface area contributed by atoms with Crippen LogP contribution in [-0.2, 0) is 0 Å². The SMILES string of the molecule is CCNc1nc(-c2ccc(F)cc2)nc(C)c1C. The average Bonchev–Trinajstić information content (AvgIpc) is 2.36. The van der Waals surface area contributed by atoms with E-state index in [0.717, 1.165) is 29.2 Å². The molecular formula is C14H16FN3. The molecule has 0 aliphatic rings. The van der Waals surface area contributed by atoms with Crippen molar-refractivity contribution in [2.24, 2.45) is 0 Å². The van der Waals surface area contributed by atoms with Gasteiger partial charge in [-0.15, -0.1) is 0 Å². The van der Waals surface area contributed by atoms with E-state index in [2.05, 4.69) is 15.3 Å². The molecule has 0 amide bonds. The summed E-state index contributed by atoms with van der Waals surface area (Å²) in [5.41, 5.74) is 2.79. The molecule has 0 aliphatic carbocycles. The van der Waals surface area contributed by atoms with Crippen molar-refractivity contribution in [1.82, 2.24) is 9.97 Å². The smallest absolute Gasteiger partial charge is 0.161 e. The molecule has 0 aliphatic heterocycles. The molecule has 0 spiro atoms. The summed E-state index contributed by atoms with van der Waals surface area (Å²) in [6.45, 7) is 6.77. The van der Waals surface area contributed by atoms with Crippen LogP contribution in [0.5, 0.6) is 0 Å². The summed E-state index contributed by atoms with van der Waals surface area (Å²) < 4.78 is 12.9. The van der Waals surface area contributed by atoms with Gasteiger partial charge in [0.1, 0.15) is 11.6 Å². The van der Waals surface area contributed by atoms with Crippen molar-refractivity contribution in [1.29, 1.82) is 0 Å². The van der Waals surface area contributed by atoms with Crippen LogP contribution >= 0.6 is 0 Å². The first kappa shape index (κ1) is 12.5. The van der Waals surface area contributed by atoms with Crippen LogP contribution in [0.25, 0.3) is 11.4 Å². The van der Waals surface area contributed by atoms with Crippen LogP contribution in [0.15, 0.2) is 24.3 Å². The van der Waals surface area contributed by atoms with Crippen LogP contribution in [0.2, 0.25) is 0 Å². The standard InChI is InChI=1S/C14H16FN3/c1-4-16-13-9(2)10(3)17-14(18-13)11-5-7-12(15)8-6-11/h5-8H,4H2,1-3H3,(H,16,17,18). The third kappa shape index (κ3) is 2.47. The molecule has 1 N–H and O–H groups in total. The lowest BCUT2D eigenvalue weighted by molar-refractivity contribution is 0.628. The molecule has 1 heterocycles. The van der Waals surface area contributed by atoms with Crippen molar-refractivity contribution in [3.63, 3.8) is 0 Å². The highest BCUT2D eigenvalue weighted by Gasteiger charge is 2.09. The molecular weight excluding hydrogens is 229 g/mol. The predicted molar refractivity (Wildman–Crippen MR) is 71.1 cm³/mol. The number of hydrogen-bond acceptors (Lipinski definition) is 3. The lowest BCUT2D eigenvalue weighted by Crippen LogP contribution is -2.06.